The van der Waals surface area contributed by atoms with Gasteiger partial charge >= 0.3 is 0 Å². The van der Waals surface area contributed by atoms with E-state index in [1.54, 1.807) is 0 Å². The van der Waals surface area contributed by atoms with E-state index in [4.69, 9.17) is 14.4 Å². The van der Waals surface area contributed by atoms with Gasteiger partial charge in [0.1, 0.15) is 0 Å². The average molecular weight is 79.1 g/mol. The van der Waals surface area contributed by atoms with Gasteiger partial charge in [0, 0.05) is 0 Å². The van der Waals surface area contributed by atoms with Crippen molar-refractivity contribution in [1.82, 2.24) is 0 Å². The van der Waals surface area contributed by atoms with E-state index in [0.717, 1.165) is 0 Å². The van der Waals surface area contributed by atoms with Crippen LogP contribution in [-0.4, -0.2) is 23.9 Å². The van der Waals surface area contributed by atoms with Crippen molar-refractivity contribution in [3.05, 3.63) is 0 Å². The van der Waals surface area contributed by atoms with E-state index < -0.39 is 9.53 Å². The van der Waals surface area contributed by atoms with Crippen molar-refractivity contribution in [2.75, 3.05) is 0 Å². The minimum Gasteiger partial charge on any atom is -0.556 e. The standard InChI is InChI=1S/H3O3Si/c1-4(2)3/h1-3H/q-1. The summed E-state index contributed by atoms with van der Waals surface area (Å²) in [6, 6.07) is 0. The van der Waals surface area contributed by atoms with Gasteiger partial charge in [-0.05, 0) is 0 Å². The maximum absolute atomic E-state index is 7.27. The molecule has 0 saturated heterocycles. The van der Waals surface area contributed by atoms with Gasteiger partial charge in [-0.1, -0.05) is 0 Å². The molecule has 0 aliphatic rings. The Morgan fingerprint density at radius 1 is 1.00 bits per heavy atom. The monoisotopic (exact) mass is 79.0 g/mol. The quantitative estimate of drug-likeness (QED) is 0.293. The summed E-state index contributed by atoms with van der Waals surface area (Å²) in [6.45, 7) is 0. The van der Waals surface area contributed by atoms with Crippen LogP contribution in [0.5, 0.6) is 0 Å². The summed E-state index contributed by atoms with van der Waals surface area (Å²) in [5.41, 5.74) is 0. The molecule has 0 bridgehead atoms. The summed E-state index contributed by atoms with van der Waals surface area (Å²) in [6.07, 6.45) is 0. The van der Waals surface area contributed by atoms with Gasteiger partial charge in [0.2, 0.25) is 9.53 Å². The van der Waals surface area contributed by atoms with Crippen LogP contribution in [0.2, 0.25) is 0 Å². The average Bonchev–Trinajstić information content (AvgIpc) is 0.811. The molecule has 4 heavy (non-hydrogen) atoms. The second-order valence-electron chi connectivity index (χ2n) is 0.300. The molecule has 0 aliphatic heterocycles. The Labute approximate surface area is 25.1 Å². The third-order valence-corrected chi connectivity index (χ3v) is 0. The second-order valence-corrected chi connectivity index (χ2v) is 0.900. The summed E-state index contributed by atoms with van der Waals surface area (Å²) < 4.78 is 0. The third-order valence-electron chi connectivity index (χ3n) is 0. The Hall–Kier alpha value is 0.0969. The fourth-order valence-electron chi connectivity index (χ4n) is 0. The molecule has 0 saturated carbocycles. The Balaban J connectivity index is 2.32. The zero-order valence-corrected chi connectivity index (χ0v) is 2.84. The van der Waals surface area contributed by atoms with Crippen molar-refractivity contribution in [1.29, 1.82) is 0 Å². The van der Waals surface area contributed by atoms with E-state index in [-0.39, 0.29) is 0 Å². The van der Waals surface area contributed by atoms with Crippen LogP contribution in [0.25, 0.3) is 0 Å². The van der Waals surface area contributed by atoms with Crippen molar-refractivity contribution in [3.63, 3.8) is 0 Å². The lowest BCUT2D eigenvalue weighted by Gasteiger charge is -1.95. The van der Waals surface area contributed by atoms with Crippen molar-refractivity contribution in [3.8, 4) is 0 Å². The van der Waals surface area contributed by atoms with E-state index in [2.05, 4.69) is 0 Å². The number of rotatable bonds is 0. The molecule has 3 N–H and O–H groups in total. The van der Waals surface area contributed by atoms with E-state index in [1.807, 2.05) is 0 Å². The largest absolute Gasteiger partial charge is 0.556 e. The SMILES string of the molecule is O[Si-](O)O. The van der Waals surface area contributed by atoms with Gasteiger partial charge < -0.3 is 14.4 Å². The van der Waals surface area contributed by atoms with E-state index in [0.29, 0.717) is 0 Å². The molecule has 4 heteroatoms. The van der Waals surface area contributed by atoms with Crippen molar-refractivity contribution < 1.29 is 14.4 Å². The molecular formula is H3O3Si-. The van der Waals surface area contributed by atoms with Crippen molar-refractivity contribution in [2.45, 2.75) is 0 Å². The molecule has 0 fully saturated rings. The number of hydrogen-bond acceptors (Lipinski definition) is 3. The molecular weight excluding hydrogens is 76.1 g/mol. The second kappa shape index (κ2) is 1.42. The maximum Gasteiger partial charge on any atom is 0.207 e. The van der Waals surface area contributed by atoms with Gasteiger partial charge in [-0.2, -0.15) is 0 Å². The molecule has 0 atom stereocenters. The first-order chi connectivity index (χ1) is 1.73. The van der Waals surface area contributed by atoms with E-state index >= 15 is 0 Å². The van der Waals surface area contributed by atoms with Gasteiger partial charge in [-0.15, -0.1) is 0 Å². The lowest BCUT2D eigenvalue weighted by Crippen LogP contribution is -2.07. The van der Waals surface area contributed by atoms with Crippen LogP contribution in [-0.2, 0) is 0 Å². The molecule has 0 radical (unpaired) electrons. The third kappa shape index (κ3) is 269. The van der Waals surface area contributed by atoms with Crippen LogP contribution < -0.4 is 0 Å². The zero-order valence-electron chi connectivity index (χ0n) is 1.84. The molecule has 0 heterocycles. The maximum atomic E-state index is 7.27. The Bertz CT molecular complexity index is 8.00. The molecule has 0 spiro atoms. The Kier molecular flexibility index (Phi) is 1.45. The molecule has 0 amide bonds. The minimum absolute atomic E-state index is 2.88. The van der Waals surface area contributed by atoms with Crippen LogP contribution in [0.4, 0.5) is 0 Å². The summed E-state index contributed by atoms with van der Waals surface area (Å²) in [5.74, 6) is 0. The molecule has 0 aliphatic carbocycles. The van der Waals surface area contributed by atoms with Crippen LogP contribution in [0.15, 0.2) is 0 Å². The summed E-state index contributed by atoms with van der Waals surface area (Å²) >= 11 is 0. The summed E-state index contributed by atoms with van der Waals surface area (Å²) in [7, 11) is -2.88. The fraction of sp³-hybridized carbons (Fsp3) is 0. The van der Waals surface area contributed by atoms with Gasteiger partial charge in [0.05, 0.1) is 0 Å². The van der Waals surface area contributed by atoms with Gasteiger partial charge in [0.15, 0.2) is 0 Å². The highest BCUT2D eigenvalue weighted by Crippen LogP contribution is 1.40. The topological polar surface area (TPSA) is 60.7 Å². The van der Waals surface area contributed by atoms with Gasteiger partial charge in [-0.3, -0.25) is 0 Å². The van der Waals surface area contributed by atoms with Gasteiger partial charge in [-0.25, -0.2) is 0 Å². The molecule has 0 aromatic rings. The van der Waals surface area contributed by atoms with Crippen molar-refractivity contribution in [2.24, 2.45) is 0 Å². The predicted octanol–water partition coefficient (Wildman–Crippen LogP) is -2.05. The fourth-order valence-corrected chi connectivity index (χ4v) is 0. The molecule has 0 unspecified atom stereocenters. The smallest absolute Gasteiger partial charge is 0.207 e. The molecule has 0 rings (SSSR count). The normalized spacial score (nSPS) is 9.00. The molecule has 0 aromatic heterocycles. The van der Waals surface area contributed by atoms with E-state index in [1.165, 1.54) is 0 Å². The van der Waals surface area contributed by atoms with E-state index in [9.17, 15) is 0 Å². The van der Waals surface area contributed by atoms with Crippen molar-refractivity contribution >= 4 is 9.53 Å². The highest BCUT2D eigenvalue weighted by Gasteiger charge is 1.60. The Morgan fingerprint density at radius 2 is 1.00 bits per heavy atom. The summed E-state index contributed by atoms with van der Waals surface area (Å²) in [5, 5.41) is 0. The minimum atomic E-state index is -2.88. The van der Waals surface area contributed by atoms with Crippen LogP contribution in [0.1, 0.15) is 0 Å². The molecule has 26 valence electrons. The first-order valence-electron chi connectivity index (χ1n) is 0.671. The highest BCUT2D eigenvalue weighted by atomic mass is 28.3. The van der Waals surface area contributed by atoms with Crippen LogP contribution in [0.3, 0.4) is 0 Å². The lowest BCUT2D eigenvalue weighted by atomic mass is 15.8. The van der Waals surface area contributed by atoms with Crippen LogP contribution >= 0.6 is 0 Å². The highest BCUT2D eigenvalue weighted by molar-refractivity contribution is 6.30. The lowest BCUT2D eigenvalue weighted by molar-refractivity contribution is 0.278. The predicted molar refractivity (Wildman–Crippen MR) is 12.4 cm³/mol. The molecule has 0 aromatic carbocycles. The van der Waals surface area contributed by atoms with Crippen LogP contribution in [0, 0.1) is 0 Å². The zero-order chi connectivity index (χ0) is 3.58. The first-order valence-corrected chi connectivity index (χ1v) is 2.01. The van der Waals surface area contributed by atoms with Gasteiger partial charge in [0.25, 0.3) is 0 Å². The Morgan fingerprint density at radius 3 is 1.00 bits per heavy atom. The molecule has 3 nitrogen and oxygen atoms in total. The number of hydrogen-bond donors (Lipinski definition) is 3. The summed E-state index contributed by atoms with van der Waals surface area (Å²) in [4.78, 5) is 21.8. The first kappa shape index (κ1) is 4.10.